The van der Waals surface area contributed by atoms with Gasteiger partial charge in [0.1, 0.15) is 5.82 Å². The summed E-state index contributed by atoms with van der Waals surface area (Å²) in [5.41, 5.74) is 5.21. The molecule has 1 aromatic rings. The summed E-state index contributed by atoms with van der Waals surface area (Å²) in [5.74, 6) is 0.655. The van der Waals surface area contributed by atoms with Crippen LogP contribution >= 0.6 is 0 Å². The van der Waals surface area contributed by atoms with E-state index in [9.17, 15) is 13.2 Å². The molecule has 1 aliphatic carbocycles. The molecule has 2 rings (SSSR count). The molecule has 0 saturated carbocycles. The van der Waals surface area contributed by atoms with Crippen molar-refractivity contribution in [1.29, 1.82) is 0 Å². The van der Waals surface area contributed by atoms with E-state index < -0.39 is 15.5 Å². The van der Waals surface area contributed by atoms with Gasteiger partial charge in [0.15, 0.2) is 9.84 Å². The maximum Gasteiger partial charge on any atom is 0.353 e. The first-order valence-corrected chi connectivity index (χ1v) is 7.75. The maximum absolute atomic E-state index is 11.9. The first-order valence-electron chi connectivity index (χ1n) is 5.86. The number of hydrogen-bond acceptors (Lipinski definition) is 6. The molecule has 0 unspecified atom stereocenters. The van der Waals surface area contributed by atoms with Gasteiger partial charge in [0.25, 0.3) is 0 Å². The first-order chi connectivity index (χ1) is 9.32. The van der Waals surface area contributed by atoms with Crippen molar-refractivity contribution in [2.24, 2.45) is 0 Å². The van der Waals surface area contributed by atoms with Gasteiger partial charge in [-0.15, -0.1) is 0 Å². The van der Waals surface area contributed by atoms with Crippen molar-refractivity contribution in [2.75, 3.05) is 19.1 Å². The van der Waals surface area contributed by atoms with E-state index in [1.165, 1.54) is 30.0 Å². The van der Waals surface area contributed by atoms with Crippen molar-refractivity contribution in [3.8, 4) is 0 Å². The van der Waals surface area contributed by atoms with Crippen molar-refractivity contribution in [3.63, 3.8) is 0 Å². The third-order valence-corrected chi connectivity index (χ3v) is 4.11. The van der Waals surface area contributed by atoms with Crippen molar-refractivity contribution < 1.29 is 13.2 Å². The number of methoxy groups -OCH3 is 1. The number of anilines is 1. The molecule has 0 bridgehead atoms. The second-order valence-electron chi connectivity index (χ2n) is 4.40. The fraction of sp³-hybridized carbons (Fsp3) is 0.333. The molecule has 7 nitrogen and oxygen atoms in total. The Labute approximate surface area is 116 Å². The van der Waals surface area contributed by atoms with E-state index in [1.807, 2.05) is 0 Å². The topological polar surface area (TPSA) is 104 Å². The highest BCUT2D eigenvalue weighted by atomic mass is 32.2. The Morgan fingerprint density at radius 3 is 2.65 bits per heavy atom. The zero-order valence-electron chi connectivity index (χ0n) is 11.2. The highest BCUT2D eigenvalue weighted by Gasteiger charge is 2.23. The Morgan fingerprint density at radius 1 is 1.40 bits per heavy atom. The minimum atomic E-state index is -3.49. The lowest BCUT2D eigenvalue weighted by molar-refractivity contribution is 0.276. The number of nitrogens with zero attached hydrogens (tertiary/aromatic N) is 2. The highest BCUT2D eigenvalue weighted by molar-refractivity contribution is 7.95. The van der Waals surface area contributed by atoms with E-state index in [1.54, 1.807) is 0 Å². The number of nitrogens with two attached hydrogens (primary N) is 1. The smallest absolute Gasteiger partial charge is 0.353 e. The second kappa shape index (κ2) is 5.12. The van der Waals surface area contributed by atoms with Gasteiger partial charge >= 0.3 is 5.69 Å². The molecule has 0 aliphatic heterocycles. The summed E-state index contributed by atoms with van der Waals surface area (Å²) in [6.45, 7) is 0. The lowest BCUT2D eigenvalue weighted by Gasteiger charge is -2.19. The lowest BCUT2D eigenvalue weighted by Crippen LogP contribution is -2.25. The van der Waals surface area contributed by atoms with E-state index in [0.29, 0.717) is 24.3 Å². The van der Waals surface area contributed by atoms with Gasteiger partial charge in [-0.2, -0.15) is 4.98 Å². The van der Waals surface area contributed by atoms with Crippen LogP contribution in [0.15, 0.2) is 33.8 Å². The van der Waals surface area contributed by atoms with Crippen LogP contribution in [0.25, 0.3) is 5.70 Å². The summed E-state index contributed by atoms with van der Waals surface area (Å²) in [7, 11) is -2.01. The molecule has 2 N–H and O–H groups in total. The minimum absolute atomic E-state index is 0.0641. The number of sulfone groups is 1. The summed E-state index contributed by atoms with van der Waals surface area (Å²) in [5, 5.41) is 0. The fourth-order valence-corrected chi connectivity index (χ4v) is 2.98. The summed E-state index contributed by atoms with van der Waals surface area (Å²) >= 11 is 0. The molecule has 0 aromatic carbocycles. The monoisotopic (exact) mass is 297 g/mol. The summed E-state index contributed by atoms with van der Waals surface area (Å²) in [6, 6.07) is 1.45. The van der Waals surface area contributed by atoms with Crippen LogP contribution in [0.1, 0.15) is 12.8 Å². The predicted octanol–water partition coefficient (Wildman–Crippen LogP) is 0.363. The zero-order valence-corrected chi connectivity index (χ0v) is 12.0. The molecule has 20 heavy (non-hydrogen) atoms. The van der Waals surface area contributed by atoms with Gasteiger partial charge in [-0.3, -0.25) is 4.57 Å². The van der Waals surface area contributed by atoms with Gasteiger partial charge in [-0.25, -0.2) is 13.2 Å². The average molecular weight is 297 g/mol. The normalized spacial score (nSPS) is 16.0. The average Bonchev–Trinajstić information content (AvgIpc) is 2.37. The van der Waals surface area contributed by atoms with Crippen LogP contribution in [-0.2, 0) is 14.6 Å². The van der Waals surface area contributed by atoms with Crippen LogP contribution in [0.2, 0.25) is 0 Å². The van der Waals surface area contributed by atoms with Crippen LogP contribution in [0.5, 0.6) is 0 Å². The predicted molar refractivity (Wildman–Crippen MR) is 75.3 cm³/mol. The number of aromatic nitrogens is 2. The van der Waals surface area contributed by atoms with Crippen LogP contribution in [0.3, 0.4) is 0 Å². The van der Waals surface area contributed by atoms with E-state index in [-0.39, 0.29) is 10.7 Å². The third-order valence-electron chi connectivity index (χ3n) is 2.96. The molecule has 1 heterocycles. The Bertz CT molecular complexity index is 759. The zero-order chi connectivity index (χ0) is 14.9. The molecule has 0 fully saturated rings. The van der Waals surface area contributed by atoms with Crippen LogP contribution in [-0.4, -0.2) is 31.3 Å². The van der Waals surface area contributed by atoms with Crippen molar-refractivity contribution >= 4 is 21.4 Å². The number of rotatable bonds is 3. The highest BCUT2D eigenvalue weighted by Crippen LogP contribution is 2.29. The number of hydrogen-bond donors (Lipinski definition) is 1. The quantitative estimate of drug-likeness (QED) is 0.864. The van der Waals surface area contributed by atoms with Gasteiger partial charge in [0.05, 0.1) is 17.8 Å². The van der Waals surface area contributed by atoms with Crippen molar-refractivity contribution in [2.45, 2.75) is 12.8 Å². The standard InChI is InChI=1S/C12H15N3O4S/c1-19-8-3-4-9(10(7-8)20(2,17)18)15-6-5-11(13)14-12(15)16/h5-7H,3-4H2,1-2H3,(H2,13,14,16). The van der Waals surface area contributed by atoms with E-state index in [4.69, 9.17) is 10.5 Å². The summed E-state index contributed by atoms with van der Waals surface area (Å²) < 4.78 is 30.1. The van der Waals surface area contributed by atoms with E-state index in [2.05, 4.69) is 4.98 Å². The second-order valence-corrected chi connectivity index (χ2v) is 6.39. The Balaban J connectivity index is 2.70. The number of ether oxygens (including phenoxy) is 1. The van der Waals surface area contributed by atoms with Gasteiger partial charge in [-0.1, -0.05) is 0 Å². The number of allylic oxidation sites excluding steroid dienone is 3. The summed E-state index contributed by atoms with van der Waals surface area (Å²) in [6.07, 6.45) is 4.84. The molecular formula is C12H15N3O4S. The third kappa shape index (κ3) is 2.74. The minimum Gasteiger partial charge on any atom is -0.501 e. The Kier molecular flexibility index (Phi) is 3.67. The maximum atomic E-state index is 11.9. The van der Waals surface area contributed by atoms with Crippen LogP contribution < -0.4 is 11.4 Å². The Hall–Kier alpha value is -2.09. The molecule has 0 radical (unpaired) electrons. The first kappa shape index (κ1) is 14.3. The largest absolute Gasteiger partial charge is 0.501 e. The lowest BCUT2D eigenvalue weighted by atomic mass is 10.1. The van der Waals surface area contributed by atoms with Gasteiger partial charge in [0.2, 0.25) is 0 Å². The molecule has 0 spiro atoms. The Morgan fingerprint density at radius 2 is 2.10 bits per heavy atom. The number of nitrogen functional groups attached to an aromatic ring is 1. The molecule has 0 saturated heterocycles. The molecule has 108 valence electrons. The van der Waals surface area contributed by atoms with Crippen LogP contribution in [0, 0.1) is 0 Å². The molecule has 1 aromatic heterocycles. The van der Waals surface area contributed by atoms with Gasteiger partial charge < -0.3 is 10.5 Å². The van der Waals surface area contributed by atoms with Gasteiger partial charge in [-0.05, 0) is 18.6 Å². The SMILES string of the molecule is COC1=CC(S(C)(=O)=O)=C(n2ccc(N)nc2=O)CC1. The van der Waals surface area contributed by atoms with E-state index in [0.717, 1.165) is 6.26 Å². The van der Waals surface area contributed by atoms with Crippen molar-refractivity contribution in [1.82, 2.24) is 9.55 Å². The van der Waals surface area contributed by atoms with Crippen LogP contribution in [0.4, 0.5) is 5.82 Å². The van der Waals surface area contributed by atoms with Crippen molar-refractivity contribution in [3.05, 3.63) is 39.5 Å². The fourth-order valence-electron chi connectivity index (χ4n) is 2.01. The molecular weight excluding hydrogens is 282 g/mol. The van der Waals surface area contributed by atoms with E-state index >= 15 is 0 Å². The van der Waals surface area contributed by atoms with Gasteiger partial charge in [0, 0.05) is 24.6 Å². The molecule has 1 aliphatic rings. The summed E-state index contributed by atoms with van der Waals surface area (Å²) in [4.78, 5) is 15.5. The molecule has 0 atom stereocenters. The molecule has 8 heteroatoms. The molecule has 0 amide bonds.